The molecular formula is C12H17FN2S. The zero-order valence-electron chi connectivity index (χ0n) is 9.66. The van der Waals surface area contributed by atoms with E-state index in [4.69, 9.17) is 18.0 Å². The second-order valence-corrected chi connectivity index (χ2v) is 4.11. The Bertz CT molecular complexity index is 375. The average molecular weight is 240 g/mol. The van der Waals surface area contributed by atoms with Crippen LogP contribution in [0.1, 0.15) is 25.0 Å². The van der Waals surface area contributed by atoms with Crippen LogP contribution in [0.15, 0.2) is 18.2 Å². The van der Waals surface area contributed by atoms with Gasteiger partial charge in [0, 0.05) is 12.1 Å². The van der Waals surface area contributed by atoms with Gasteiger partial charge in [-0.15, -0.1) is 0 Å². The minimum atomic E-state index is -0.285. The Balaban J connectivity index is 2.91. The maximum atomic E-state index is 13.3. The van der Waals surface area contributed by atoms with Crippen LogP contribution in [0.3, 0.4) is 0 Å². The number of hydrogen-bond acceptors (Lipinski definition) is 2. The summed E-state index contributed by atoms with van der Waals surface area (Å²) in [4.78, 5) is 2.44. The molecule has 0 atom stereocenters. The summed E-state index contributed by atoms with van der Waals surface area (Å²) in [5.74, 6) is -0.285. The maximum absolute atomic E-state index is 13.3. The Labute approximate surface area is 101 Å². The van der Waals surface area contributed by atoms with E-state index in [2.05, 4.69) is 18.7 Å². The minimum Gasteiger partial charge on any atom is -0.389 e. The molecule has 0 saturated carbocycles. The molecule has 0 fully saturated rings. The number of thiocarbonyl (C=S) groups is 1. The molecule has 0 aromatic heterocycles. The first-order valence-electron chi connectivity index (χ1n) is 5.38. The van der Waals surface area contributed by atoms with Crippen LogP contribution < -0.4 is 5.73 Å². The first-order chi connectivity index (χ1) is 7.56. The van der Waals surface area contributed by atoms with Crippen molar-refractivity contribution in [2.24, 2.45) is 5.73 Å². The van der Waals surface area contributed by atoms with Gasteiger partial charge < -0.3 is 5.73 Å². The summed E-state index contributed by atoms with van der Waals surface area (Å²) in [6, 6.07) is 4.75. The predicted octanol–water partition coefficient (Wildman–Crippen LogP) is 2.30. The zero-order chi connectivity index (χ0) is 12.1. The fourth-order valence-corrected chi connectivity index (χ4v) is 1.71. The van der Waals surface area contributed by atoms with Gasteiger partial charge in [0.05, 0.1) is 0 Å². The molecule has 0 aliphatic heterocycles. The largest absolute Gasteiger partial charge is 0.389 e. The molecule has 1 aromatic rings. The highest BCUT2D eigenvalue weighted by Crippen LogP contribution is 2.11. The highest BCUT2D eigenvalue weighted by Gasteiger charge is 2.06. The molecule has 16 heavy (non-hydrogen) atoms. The van der Waals surface area contributed by atoms with Crippen molar-refractivity contribution in [1.29, 1.82) is 0 Å². The molecular weight excluding hydrogens is 223 g/mol. The van der Waals surface area contributed by atoms with Crippen molar-refractivity contribution in [3.63, 3.8) is 0 Å². The van der Waals surface area contributed by atoms with Gasteiger partial charge in [-0.1, -0.05) is 26.1 Å². The van der Waals surface area contributed by atoms with E-state index in [0.717, 1.165) is 25.2 Å². The van der Waals surface area contributed by atoms with Gasteiger partial charge in [-0.3, -0.25) is 4.90 Å². The third kappa shape index (κ3) is 3.54. The topological polar surface area (TPSA) is 29.3 Å². The summed E-state index contributed by atoms with van der Waals surface area (Å²) in [5, 5.41) is 0. The van der Waals surface area contributed by atoms with Crippen molar-refractivity contribution in [1.82, 2.24) is 4.90 Å². The molecule has 0 spiro atoms. The predicted molar refractivity (Wildman–Crippen MR) is 68.9 cm³/mol. The van der Waals surface area contributed by atoms with Gasteiger partial charge in [0.25, 0.3) is 0 Å². The summed E-state index contributed by atoms with van der Waals surface area (Å²) >= 11 is 4.85. The zero-order valence-corrected chi connectivity index (χ0v) is 10.5. The number of hydrogen-bond donors (Lipinski definition) is 1. The molecule has 1 aromatic carbocycles. The molecule has 0 bridgehead atoms. The van der Waals surface area contributed by atoms with E-state index in [9.17, 15) is 4.39 Å². The van der Waals surface area contributed by atoms with Gasteiger partial charge in [-0.2, -0.15) is 0 Å². The third-order valence-corrected chi connectivity index (χ3v) is 2.78. The average Bonchev–Trinajstić information content (AvgIpc) is 2.25. The van der Waals surface area contributed by atoms with Gasteiger partial charge in [-0.05, 0) is 36.9 Å². The lowest BCUT2D eigenvalue weighted by Crippen LogP contribution is -2.22. The van der Waals surface area contributed by atoms with Gasteiger partial charge in [-0.25, -0.2) is 4.39 Å². The normalized spacial score (nSPS) is 10.8. The Morgan fingerprint density at radius 2 is 1.94 bits per heavy atom. The Hall–Kier alpha value is -1.00. The Kier molecular flexibility index (Phi) is 4.83. The molecule has 0 heterocycles. The molecule has 2 N–H and O–H groups in total. The van der Waals surface area contributed by atoms with Crippen LogP contribution in [0.2, 0.25) is 0 Å². The molecule has 0 aliphatic rings. The lowest BCUT2D eigenvalue weighted by molar-refractivity contribution is 0.295. The summed E-state index contributed by atoms with van der Waals surface area (Å²) < 4.78 is 13.3. The van der Waals surface area contributed by atoms with Crippen LogP contribution in [-0.4, -0.2) is 23.0 Å². The molecule has 0 aliphatic carbocycles. The van der Waals surface area contributed by atoms with Gasteiger partial charge >= 0.3 is 0 Å². The molecule has 0 unspecified atom stereocenters. The van der Waals surface area contributed by atoms with Crippen molar-refractivity contribution in [3.05, 3.63) is 35.1 Å². The molecule has 0 saturated heterocycles. The van der Waals surface area contributed by atoms with Crippen LogP contribution in [0.25, 0.3) is 0 Å². The van der Waals surface area contributed by atoms with E-state index < -0.39 is 0 Å². The second-order valence-electron chi connectivity index (χ2n) is 3.67. The van der Waals surface area contributed by atoms with Crippen molar-refractivity contribution in [3.8, 4) is 0 Å². The van der Waals surface area contributed by atoms with Crippen LogP contribution in [-0.2, 0) is 6.54 Å². The molecule has 88 valence electrons. The number of benzene rings is 1. The Morgan fingerprint density at radius 3 is 2.44 bits per heavy atom. The van der Waals surface area contributed by atoms with Crippen LogP contribution in [0.5, 0.6) is 0 Å². The highest BCUT2D eigenvalue weighted by molar-refractivity contribution is 7.80. The molecule has 0 amide bonds. The maximum Gasteiger partial charge on any atom is 0.124 e. The smallest absolute Gasteiger partial charge is 0.124 e. The molecule has 0 radical (unpaired) electrons. The quantitative estimate of drug-likeness (QED) is 0.801. The van der Waals surface area contributed by atoms with Crippen molar-refractivity contribution in [2.45, 2.75) is 20.4 Å². The third-order valence-electron chi connectivity index (χ3n) is 2.54. The molecule has 1 rings (SSSR count). The number of nitrogens with zero attached hydrogens (tertiary/aromatic N) is 1. The highest BCUT2D eigenvalue weighted by atomic mass is 32.1. The SMILES string of the molecule is CCN(CC)Cc1cc(F)cc(C(N)=S)c1. The van der Waals surface area contributed by atoms with E-state index in [-0.39, 0.29) is 10.8 Å². The van der Waals surface area contributed by atoms with Gasteiger partial charge in [0.2, 0.25) is 0 Å². The fourth-order valence-electron chi connectivity index (χ4n) is 1.59. The van der Waals surface area contributed by atoms with E-state index in [1.165, 1.54) is 12.1 Å². The lowest BCUT2D eigenvalue weighted by atomic mass is 10.1. The second kappa shape index (κ2) is 5.92. The monoisotopic (exact) mass is 240 g/mol. The van der Waals surface area contributed by atoms with Crippen LogP contribution in [0, 0.1) is 5.82 Å². The standard InChI is InChI=1S/C12H17FN2S/c1-3-15(4-2)8-9-5-10(12(14)16)7-11(13)6-9/h5-7H,3-4,8H2,1-2H3,(H2,14,16). The van der Waals surface area contributed by atoms with E-state index in [0.29, 0.717) is 5.56 Å². The van der Waals surface area contributed by atoms with E-state index in [1.54, 1.807) is 0 Å². The summed E-state index contributed by atoms with van der Waals surface area (Å²) in [6.07, 6.45) is 0. The first kappa shape index (κ1) is 13.1. The van der Waals surface area contributed by atoms with Crippen molar-refractivity contribution < 1.29 is 4.39 Å². The first-order valence-corrected chi connectivity index (χ1v) is 5.79. The van der Waals surface area contributed by atoms with Crippen LogP contribution >= 0.6 is 12.2 Å². The van der Waals surface area contributed by atoms with E-state index in [1.807, 2.05) is 6.07 Å². The van der Waals surface area contributed by atoms with E-state index >= 15 is 0 Å². The van der Waals surface area contributed by atoms with Gasteiger partial charge in [0.1, 0.15) is 10.8 Å². The fraction of sp³-hybridized carbons (Fsp3) is 0.417. The van der Waals surface area contributed by atoms with Gasteiger partial charge in [0.15, 0.2) is 0 Å². The summed E-state index contributed by atoms with van der Waals surface area (Å²) in [5.41, 5.74) is 7.00. The summed E-state index contributed by atoms with van der Waals surface area (Å²) in [6.45, 7) is 6.76. The summed E-state index contributed by atoms with van der Waals surface area (Å²) in [7, 11) is 0. The Morgan fingerprint density at radius 1 is 1.31 bits per heavy atom. The molecule has 4 heteroatoms. The van der Waals surface area contributed by atoms with Crippen LogP contribution in [0.4, 0.5) is 4.39 Å². The van der Waals surface area contributed by atoms with Crippen molar-refractivity contribution >= 4 is 17.2 Å². The lowest BCUT2D eigenvalue weighted by Gasteiger charge is -2.18. The molecule has 2 nitrogen and oxygen atoms in total. The number of nitrogens with two attached hydrogens (primary N) is 1. The number of rotatable bonds is 5. The minimum absolute atomic E-state index is 0.236. The van der Waals surface area contributed by atoms with Crippen molar-refractivity contribution in [2.75, 3.05) is 13.1 Å². The number of halogens is 1.